The van der Waals surface area contributed by atoms with E-state index >= 15 is 0 Å². The van der Waals surface area contributed by atoms with Gasteiger partial charge in [-0.25, -0.2) is 0 Å². The maximum atomic E-state index is 12.7. The zero-order chi connectivity index (χ0) is 17.7. The lowest BCUT2D eigenvalue weighted by Crippen LogP contribution is -2.34. The molecule has 0 radical (unpaired) electrons. The minimum atomic E-state index is -0.453. The van der Waals surface area contributed by atoms with E-state index in [0.29, 0.717) is 11.6 Å². The molecule has 1 atom stereocenters. The van der Waals surface area contributed by atoms with Gasteiger partial charge in [0.2, 0.25) is 5.91 Å². The van der Waals surface area contributed by atoms with Crippen LogP contribution in [0, 0.1) is 5.92 Å². The Morgan fingerprint density at radius 2 is 1.92 bits per heavy atom. The molecular weight excluding hydrogens is 304 g/mol. The summed E-state index contributed by atoms with van der Waals surface area (Å²) < 4.78 is 0. The fourth-order valence-electron chi connectivity index (χ4n) is 2.68. The number of rotatable bonds is 7. The summed E-state index contributed by atoms with van der Waals surface area (Å²) >= 11 is 0. The Morgan fingerprint density at radius 3 is 2.50 bits per heavy atom. The second-order valence-corrected chi connectivity index (χ2v) is 6.39. The van der Waals surface area contributed by atoms with Gasteiger partial charge in [-0.1, -0.05) is 44.2 Å². The van der Waals surface area contributed by atoms with Crippen molar-refractivity contribution in [1.29, 1.82) is 0 Å². The lowest BCUT2D eigenvalue weighted by molar-refractivity contribution is -0.119. The number of carbonyl (C=O) groups is 2. The normalized spacial score (nSPS) is 12.2. The van der Waals surface area contributed by atoms with E-state index < -0.39 is 11.9 Å². The van der Waals surface area contributed by atoms with Crippen molar-refractivity contribution in [2.75, 3.05) is 7.05 Å². The van der Waals surface area contributed by atoms with E-state index in [4.69, 9.17) is 5.73 Å². The second kappa shape index (κ2) is 7.77. The van der Waals surface area contributed by atoms with Gasteiger partial charge in [0.1, 0.15) is 5.69 Å². The van der Waals surface area contributed by atoms with Crippen LogP contribution in [-0.2, 0) is 11.2 Å². The van der Waals surface area contributed by atoms with Crippen LogP contribution in [0.3, 0.4) is 0 Å². The van der Waals surface area contributed by atoms with Gasteiger partial charge in [-0.2, -0.15) is 5.10 Å². The van der Waals surface area contributed by atoms with Crippen LogP contribution in [0.1, 0.15) is 48.1 Å². The van der Waals surface area contributed by atoms with E-state index in [0.717, 1.165) is 17.7 Å². The van der Waals surface area contributed by atoms with Gasteiger partial charge < -0.3 is 10.6 Å². The van der Waals surface area contributed by atoms with Gasteiger partial charge in [0.05, 0.1) is 12.5 Å². The number of nitrogens with one attached hydrogen (secondary N) is 1. The third-order valence-corrected chi connectivity index (χ3v) is 3.84. The number of benzene rings is 1. The van der Waals surface area contributed by atoms with Crippen molar-refractivity contribution >= 4 is 11.8 Å². The van der Waals surface area contributed by atoms with E-state index in [2.05, 4.69) is 24.0 Å². The van der Waals surface area contributed by atoms with E-state index in [-0.39, 0.29) is 12.3 Å². The maximum Gasteiger partial charge on any atom is 0.274 e. The molecule has 2 rings (SSSR count). The lowest BCUT2D eigenvalue weighted by Gasteiger charge is -2.27. The first-order valence-corrected chi connectivity index (χ1v) is 8.03. The molecule has 2 amide bonds. The molecule has 0 aliphatic carbocycles. The minimum Gasteiger partial charge on any atom is -0.370 e. The molecule has 0 unspecified atom stereocenters. The molecule has 2 aromatic rings. The Labute approximate surface area is 142 Å². The Balaban J connectivity index is 2.22. The summed E-state index contributed by atoms with van der Waals surface area (Å²) in [5.41, 5.74) is 7.50. The highest BCUT2D eigenvalue weighted by atomic mass is 16.2. The van der Waals surface area contributed by atoms with Crippen LogP contribution < -0.4 is 5.73 Å². The van der Waals surface area contributed by atoms with Crippen LogP contribution in [0.4, 0.5) is 0 Å². The molecule has 0 saturated carbocycles. The summed E-state index contributed by atoms with van der Waals surface area (Å²) in [6, 6.07) is 10.7. The van der Waals surface area contributed by atoms with Gasteiger partial charge in [0, 0.05) is 12.7 Å². The Morgan fingerprint density at radius 1 is 1.25 bits per heavy atom. The summed E-state index contributed by atoms with van der Waals surface area (Å²) in [4.78, 5) is 25.7. The maximum absolute atomic E-state index is 12.7. The number of hydrogen-bond acceptors (Lipinski definition) is 3. The number of hydrogen-bond donors (Lipinski definition) is 2. The first kappa shape index (κ1) is 17.7. The van der Waals surface area contributed by atoms with Crippen molar-refractivity contribution in [3.05, 3.63) is 53.3 Å². The average Bonchev–Trinajstić information content (AvgIpc) is 2.99. The number of aromatic nitrogens is 2. The topological polar surface area (TPSA) is 92.1 Å². The van der Waals surface area contributed by atoms with Crippen LogP contribution in [0.2, 0.25) is 0 Å². The third kappa shape index (κ3) is 4.44. The van der Waals surface area contributed by atoms with Crippen LogP contribution in [-0.4, -0.2) is 34.0 Å². The number of nitrogens with zero attached hydrogens (tertiary/aromatic N) is 2. The molecule has 6 nitrogen and oxygen atoms in total. The summed E-state index contributed by atoms with van der Waals surface area (Å²) in [5.74, 6) is -0.222. The predicted octanol–water partition coefficient (Wildman–Crippen LogP) is 2.30. The van der Waals surface area contributed by atoms with E-state index in [9.17, 15) is 9.59 Å². The standard InChI is InChI=1S/C18H24N4O2/c1-12(2)9-14-10-15(21-20-14)18(24)22(3)16(11-17(19)23)13-7-5-4-6-8-13/h4-8,10,12,16H,9,11H2,1-3H3,(H2,19,23)(H,20,21)/t16-/m0/s1. The molecular formula is C18H24N4O2. The fourth-order valence-corrected chi connectivity index (χ4v) is 2.68. The highest BCUT2D eigenvalue weighted by Gasteiger charge is 2.26. The lowest BCUT2D eigenvalue weighted by atomic mass is 10.0. The first-order valence-electron chi connectivity index (χ1n) is 8.03. The van der Waals surface area contributed by atoms with Crippen LogP contribution in [0.5, 0.6) is 0 Å². The smallest absolute Gasteiger partial charge is 0.274 e. The molecule has 0 spiro atoms. The Hall–Kier alpha value is -2.63. The molecule has 0 aliphatic heterocycles. The molecule has 3 N–H and O–H groups in total. The van der Waals surface area contributed by atoms with E-state index in [1.165, 1.54) is 4.90 Å². The van der Waals surface area contributed by atoms with Crippen LogP contribution in [0.25, 0.3) is 0 Å². The van der Waals surface area contributed by atoms with E-state index in [1.54, 1.807) is 13.1 Å². The van der Waals surface area contributed by atoms with Gasteiger partial charge in [0.25, 0.3) is 5.91 Å². The molecule has 24 heavy (non-hydrogen) atoms. The summed E-state index contributed by atoms with van der Waals surface area (Å²) in [5, 5.41) is 7.02. The Kier molecular flexibility index (Phi) is 5.73. The fraction of sp³-hybridized carbons (Fsp3) is 0.389. The number of aromatic amines is 1. The number of carbonyl (C=O) groups excluding carboxylic acids is 2. The molecule has 6 heteroatoms. The summed E-state index contributed by atoms with van der Waals surface area (Å²) in [6.45, 7) is 4.21. The molecule has 0 saturated heterocycles. The number of primary amides is 1. The van der Waals surface area contributed by atoms with Gasteiger partial charge in [-0.05, 0) is 24.0 Å². The van der Waals surface area contributed by atoms with Crippen LogP contribution >= 0.6 is 0 Å². The largest absolute Gasteiger partial charge is 0.370 e. The molecule has 1 aromatic carbocycles. The number of amides is 2. The number of nitrogens with two attached hydrogens (primary N) is 1. The van der Waals surface area contributed by atoms with Crippen molar-refractivity contribution in [1.82, 2.24) is 15.1 Å². The molecule has 128 valence electrons. The quantitative estimate of drug-likeness (QED) is 0.817. The molecule has 1 heterocycles. The van der Waals surface area contributed by atoms with Gasteiger partial charge in [-0.3, -0.25) is 14.7 Å². The van der Waals surface area contributed by atoms with Crippen molar-refractivity contribution < 1.29 is 9.59 Å². The third-order valence-electron chi connectivity index (χ3n) is 3.84. The van der Waals surface area contributed by atoms with Crippen LogP contribution in [0.15, 0.2) is 36.4 Å². The summed E-state index contributed by atoms with van der Waals surface area (Å²) in [6.07, 6.45) is 0.892. The van der Waals surface area contributed by atoms with Crippen molar-refractivity contribution in [3.8, 4) is 0 Å². The monoisotopic (exact) mass is 328 g/mol. The van der Waals surface area contributed by atoms with E-state index in [1.807, 2.05) is 30.3 Å². The second-order valence-electron chi connectivity index (χ2n) is 6.39. The van der Waals surface area contributed by atoms with Gasteiger partial charge in [-0.15, -0.1) is 0 Å². The van der Waals surface area contributed by atoms with Crippen molar-refractivity contribution in [2.24, 2.45) is 11.7 Å². The van der Waals surface area contributed by atoms with Gasteiger partial charge in [0.15, 0.2) is 0 Å². The Bertz CT molecular complexity index is 694. The SMILES string of the molecule is CC(C)Cc1cc(C(=O)N(C)[C@@H](CC(N)=O)c2ccccc2)n[nH]1. The first-order chi connectivity index (χ1) is 11.4. The molecule has 0 bridgehead atoms. The molecule has 0 fully saturated rings. The molecule has 0 aliphatic rings. The highest BCUT2D eigenvalue weighted by Crippen LogP contribution is 2.24. The zero-order valence-electron chi connectivity index (χ0n) is 14.3. The summed E-state index contributed by atoms with van der Waals surface area (Å²) in [7, 11) is 1.67. The highest BCUT2D eigenvalue weighted by molar-refractivity contribution is 5.93. The average molecular weight is 328 g/mol. The molecule has 1 aromatic heterocycles. The predicted molar refractivity (Wildman–Crippen MR) is 92.2 cm³/mol. The van der Waals surface area contributed by atoms with Crippen molar-refractivity contribution in [2.45, 2.75) is 32.7 Å². The van der Waals surface area contributed by atoms with Gasteiger partial charge >= 0.3 is 0 Å². The van der Waals surface area contributed by atoms with Crippen molar-refractivity contribution in [3.63, 3.8) is 0 Å². The number of H-pyrrole nitrogens is 1. The minimum absolute atomic E-state index is 0.0650. The zero-order valence-corrected chi connectivity index (χ0v) is 14.3.